The van der Waals surface area contributed by atoms with Crippen molar-refractivity contribution in [2.24, 2.45) is 7.05 Å². The molecule has 2 aromatic rings. The molecule has 2 rings (SSSR count). The lowest BCUT2D eigenvalue weighted by Gasteiger charge is -2.07. The Morgan fingerprint density at radius 2 is 1.95 bits per heavy atom. The number of aryl methyl sites for hydroxylation is 3. The van der Waals surface area contributed by atoms with Gasteiger partial charge in [0.05, 0.1) is 16.8 Å². The highest BCUT2D eigenvalue weighted by molar-refractivity contribution is 6.05. The molecule has 1 heterocycles. The van der Waals surface area contributed by atoms with Gasteiger partial charge in [-0.3, -0.25) is 9.48 Å². The van der Waals surface area contributed by atoms with Crippen LogP contribution in [0, 0.1) is 13.8 Å². The number of nitrogens with zero attached hydrogens (tertiary/aromatic N) is 2. The summed E-state index contributed by atoms with van der Waals surface area (Å²) in [6, 6.07) is 4.68. The van der Waals surface area contributed by atoms with Gasteiger partial charge in [-0.2, -0.15) is 5.10 Å². The molecule has 0 aliphatic carbocycles. The van der Waals surface area contributed by atoms with E-state index in [1.54, 1.807) is 43.9 Å². The summed E-state index contributed by atoms with van der Waals surface area (Å²) in [4.78, 5) is 23.0. The van der Waals surface area contributed by atoms with Gasteiger partial charge in [0.1, 0.15) is 0 Å². The van der Waals surface area contributed by atoms with E-state index in [0.717, 1.165) is 0 Å². The van der Waals surface area contributed by atoms with Crippen LogP contribution in [0.2, 0.25) is 0 Å². The van der Waals surface area contributed by atoms with Gasteiger partial charge in [0.15, 0.2) is 0 Å². The van der Waals surface area contributed by atoms with E-state index in [9.17, 15) is 9.59 Å². The predicted molar refractivity (Wildman–Crippen MR) is 74.0 cm³/mol. The zero-order valence-corrected chi connectivity index (χ0v) is 11.5. The van der Waals surface area contributed by atoms with E-state index in [1.165, 1.54) is 6.07 Å². The van der Waals surface area contributed by atoms with E-state index >= 15 is 0 Å². The monoisotopic (exact) mass is 273 g/mol. The standard InChI is InChI=1S/C14H15N3O3/c1-8-6-10(4-5-11(8)14(19)20)15-13(18)12-7-17(3)16-9(12)2/h4-7H,1-3H3,(H,15,18)(H,19,20). The molecule has 1 aromatic heterocycles. The van der Waals surface area contributed by atoms with Crippen LogP contribution in [0.4, 0.5) is 5.69 Å². The third kappa shape index (κ3) is 2.69. The van der Waals surface area contributed by atoms with E-state index in [2.05, 4.69) is 10.4 Å². The molecule has 0 saturated carbocycles. The molecule has 104 valence electrons. The van der Waals surface area contributed by atoms with Crippen LogP contribution >= 0.6 is 0 Å². The lowest BCUT2D eigenvalue weighted by atomic mass is 10.1. The van der Waals surface area contributed by atoms with Gasteiger partial charge in [0.25, 0.3) is 5.91 Å². The van der Waals surface area contributed by atoms with Crippen molar-refractivity contribution in [2.45, 2.75) is 13.8 Å². The van der Waals surface area contributed by atoms with Crippen molar-refractivity contribution < 1.29 is 14.7 Å². The molecule has 2 N–H and O–H groups in total. The third-order valence-corrected chi connectivity index (χ3v) is 2.97. The molecule has 0 aliphatic heterocycles. The summed E-state index contributed by atoms with van der Waals surface area (Å²) in [5.74, 6) is -1.25. The van der Waals surface area contributed by atoms with Crippen molar-refractivity contribution in [1.29, 1.82) is 0 Å². The van der Waals surface area contributed by atoms with Crippen molar-refractivity contribution in [1.82, 2.24) is 9.78 Å². The van der Waals surface area contributed by atoms with Gasteiger partial charge >= 0.3 is 5.97 Å². The lowest BCUT2D eigenvalue weighted by Crippen LogP contribution is -2.13. The number of carbonyl (C=O) groups excluding carboxylic acids is 1. The average Bonchev–Trinajstić information content (AvgIpc) is 2.68. The Morgan fingerprint density at radius 1 is 1.25 bits per heavy atom. The first kappa shape index (κ1) is 13.8. The number of rotatable bonds is 3. The number of aromatic carboxylic acids is 1. The molecule has 0 saturated heterocycles. The summed E-state index contributed by atoms with van der Waals surface area (Å²) in [5.41, 5.74) is 2.51. The van der Waals surface area contributed by atoms with E-state index in [4.69, 9.17) is 5.11 Å². The summed E-state index contributed by atoms with van der Waals surface area (Å²) in [7, 11) is 1.75. The van der Waals surface area contributed by atoms with E-state index in [-0.39, 0.29) is 11.5 Å². The van der Waals surface area contributed by atoms with Crippen LogP contribution in [0.3, 0.4) is 0 Å². The zero-order chi connectivity index (χ0) is 14.9. The minimum Gasteiger partial charge on any atom is -0.478 e. The normalized spacial score (nSPS) is 10.3. The lowest BCUT2D eigenvalue weighted by molar-refractivity contribution is 0.0696. The fraction of sp³-hybridized carbons (Fsp3) is 0.214. The van der Waals surface area contributed by atoms with Gasteiger partial charge in [-0.25, -0.2) is 4.79 Å². The number of anilines is 1. The van der Waals surface area contributed by atoms with Crippen LogP contribution in [0.5, 0.6) is 0 Å². The van der Waals surface area contributed by atoms with E-state index in [0.29, 0.717) is 22.5 Å². The number of nitrogens with one attached hydrogen (secondary N) is 1. The van der Waals surface area contributed by atoms with E-state index in [1.807, 2.05) is 0 Å². The third-order valence-electron chi connectivity index (χ3n) is 2.97. The Balaban J connectivity index is 2.22. The van der Waals surface area contributed by atoms with Gasteiger partial charge in [0.2, 0.25) is 0 Å². The highest BCUT2D eigenvalue weighted by Crippen LogP contribution is 2.16. The van der Waals surface area contributed by atoms with Gasteiger partial charge in [-0.05, 0) is 37.6 Å². The molecule has 0 spiro atoms. The second-order valence-electron chi connectivity index (χ2n) is 4.59. The first-order valence-corrected chi connectivity index (χ1v) is 6.04. The maximum absolute atomic E-state index is 12.1. The second kappa shape index (κ2) is 5.16. The summed E-state index contributed by atoms with van der Waals surface area (Å²) in [5, 5.41) is 15.8. The van der Waals surface area contributed by atoms with Crippen molar-refractivity contribution >= 4 is 17.6 Å². The van der Waals surface area contributed by atoms with Gasteiger partial charge in [-0.1, -0.05) is 0 Å². The molecular weight excluding hydrogens is 258 g/mol. The van der Waals surface area contributed by atoms with Crippen LogP contribution in [0.1, 0.15) is 32.0 Å². The van der Waals surface area contributed by atoms with Crippen LogP contribution in [-0.4, -0.2) is 26.8 Å². The Hall–Kier alpha value is -2.63. The van der Waals surface area contributed by atoms with E-state index < -0.39 is 5.97 Å². The van der Waals surface area contributed by atoms with Crippen LogP contribution in [0.15, 0.2) is 24.4 Å². The van der Waals surface area contributed by atoms with Crippen LogP contribution < -0.4 is 5.32 Å². The first-order valence-electron chi connectivity index (χ1n) is 6.04. The molecule has 0 fully saturated rings. The maximum atomic E-state index is 12.1. The Kier molecular flexibility index (Phi) is 3.56. The number of aromatic nitrogens is 2. The Labute approximate surface area is 116 Å². The molecule has 0 aliphatic rings. The molecule has 0 unspecified atom stereocenters. The molecule has 0 radical (unpaired) electrons. The number of carboxylic acid groups (broad SMARTS) is 1. The Bertz CT molecular complexity index is 689. The van der Waals surface area contributed by atoms with Crippen molar-refractivity contribution in [3.05, 3.63) is 46.8 Å². The topological polar surface area (TPSA) is 84.2 Å². The summed E-state index contributed by atoms with van der Waals surface area (Å²) < 4.78 is 1.57. The highest BCUT2D eigenvalue weighted by atomic mass is 16.4. The SMILES string of the molecule is Cc1cc(NC(=O)c2cn(C)nc2C)ccc1C(=O)O. The second-order valence-corrected chi connectivity index (χ2v) is 4.59. The van der Waals surface area contributed by atoms with Gasteiger partial charge < -0.3 is 10.4 Å². The average molecular weight is 273 g/mol. The molecule has 1 amide bonds. The fourth-order valence-electron chi connectivity index (χ4n) is 2.00. The molecule has 20 heavy (non-hydrogen) atoms. The maximum Gasteiger partial charge on any atom is 0.335 e. The minimum absolute atomic E-state index is 0.223. The number of hydrogen-bond acceptors (Lipinski definition) is 3. The highest BCUT2D eigenvalue weighted by Gasteiger charge is 2.14. The quantitative estimate of drug-likeness (QED) is 0.895. The summed E-state index contributed by atoms with van der Waals surface area (Å²) in [6.07, 6.45) is 1.64. The Morgan fingerprint density at radius 3 is 2.45 bits per heavy atom. The number of amides is 1. The van der Waals surface area contributed by atoms with Gasteiger partial charge in [-0.15, -0.1) is 0 Å². The smallest absolute Gasteiger partial charge is 0.335 e. The van der Waals surface area contributed by atoms with Crippen molar-refractivity contribution in [3.63, 3.8) is 0 Å². The van der Waals surface area contributed by atoms with Crippen molar-refractivity contribution in [2.75, 3.05) is 5.32 Å². The number of benzene rings is 1. The fourth-order valence-corrected chi connectivity index (χ4v) is 2.00. The largest absolute Gasteiger partial charge is 0.478 e. The van der Waals surface area contributed by atoms with Crippen LogP contribution in [-0.2, 0) is 7.05 Å². The molecule has 0 atom stereocenters. The number of carboxylic acids is 1. The summed E-state index contributed by atoms with van der Waals surface area (Å²) in [6.45, 7) is 3.45. The predicted octanol–water partition coefficient (Wildman–Crippen LogP) is 1.99. The first-order chi connectivity index (χ1) is 9.38. The zero-order valence-electron chi connectivity index (χ0n) is 11.5. The number of carbonyl (C=O) groups is 2. The molecule has 6 heteroatoms. The summed E-state index contributed by atoms with van der Waals surface area (Å²) >= 11 is 0. The van der Waals surface area contributed by atoms with Crippen molar-refractivity contribution in [3.8, 4) is 0 Å². The van der Waals surface area contributed by atoms with Gasteiger partial charge in [0, 0.05) is 18.9 Å². The van der Waals surface area contributed by atoms with Crippen LogP contribution in [0.25, 0.3) is 0 Å². The minimum atomic E-state index is -0.983. The molecular formula is C14H15N3O3. The molecule has 1 aromatic carbocycles. The molecule has 6 nitrogen and oxygen atoms in total. The molecule has 0 bridgehead atoms. The number of hydrogen-bond donors (Lipinski definition) is 2.